The predicted molar refractivity (Wildman–Crippen MR) is 85.1 cm³/mol. The Kier molecular flexibility index (Phi) is 5.13. The number of nitrogens with zero attached hydrogens (tertiary/aromatic N) is 2. The van der Waals surface area contributed by atoms with E-state index in [1.54, 1.807) is 17.0 Å². The first-order chi connectivity index (χ1) is 9.56. The molecule has 1 aromatic carbocycles. The van der Waals surface area contributed by atoms with E-state index in [0.29, 0.717) is 23.1 Å². The molecule has 1 amide bonds. The summed E-state index contributed by atoms with van der Waals surface area (Å²) in [5.74, 6) is 0.0584. The first kappa shape index (κ1) is 15.4. The average Bonchev–Trinajstić information content (AvgIpc) is 2.44. The van der Waals surface area contributed by atoms with Crippen molar-refractivity contribution in [2.24, 2.45) is 0 Å². The third-order valence-electron chi connectivity index (χ3n) is 3.59. The number of nitrogens with one attached hydrogen (secondary N) is 1. The third kappa shape index (κ3) is 3.19. The molecule has 0 unspecified atom stereocenters. The number of likely N-dealkylation sites (N-methyl/N-ethyl adjacent to an activating group) is 1. The van der Waals surface area contributed by atoms with Gasteiger partial charge in [-0.25, -0.2) is 0 Å². The van der Waals surface area contributed by atoms with E-state index in [1.807, 2.05) is 0 Å². The van der Waals surface area contributed by atoms with Gasteiger partial charge in [-0.1, -0.05) is 37.0 Å². The molecule has 110 valence electrons. The van der Waals surface area contributed by atoms with Gasteiger partial charge >= 0.3 is 0 Å². The van der Waals surface area contributed by atoms with E-state index in [4.69, 9.17) is 23.2 Å². The Bertz CT molecular complexity index is 503. The highest BCUT2D eigenvalue weighted by Gasteiger charge is 2.25. The van der Waals surface area contributed by atoms with Gasteiger partial charge in [0.2, 0.25) is 5.91 Å². The summed E-state index contributed by atoms with van der Waals surface area (Å²) >= 11 is 12.1. The molecule has 0 aromatic heterocycles. The zero-order valence-electron chi connectivity index (χ0n) is 11.7. The van der Waals surface area contributed by atoms with E-state index in [2.05, 4.69) is 24.1 Å². The molecular weight excluding hydrogens is 297 g/mol. The van der Waals surface area contributed by atoms with E-state index in [9.17, 15) is 4.79 Å². The number of amides is 1. The lowest BCUT2D eigenvalue weighted by molar-refractivity contribution is -0.117. The van der Waals surface area contributed by atoms with E-state index >= 15 is 0 Å². The van der Waals surface area contributed by atoms with Crippen LogP contribution in [0, 0.1) is 0 Å². The number of hydrogen-bond acceptors (Lipinski definition) is 3. The Labute approximate surface area is 129 Å². The molecule has 0 saturated carbocycles. The van der Waals surface area contributed by atoms with Crippen LogP contribution in [0.15, 0.2) is 12.1 Å². The molecule has 0 radical (unpaired) electrons. The van der Waals surface area contributed by atoms with E-state index in [-0.39, 0.29) is 5.91 Å². The summed E-state index contributed by atoms with van der Waals surface area (Å²) in [6.07, 6.45) is 0. The monoisotopic (exact) mass is 315 g/mol. The van der Waals surface area contributed by atoms with Gasteiger partial charge in [0.1, 0.15) is 0 Å². The SMILES string of the molecule is CCN(CC)CCN1C(=O)CNc2cc(Cl)c(Cl)cc21. The number of fused-ring (bicyclic) bond motifs is 1. The van der Waals surface area contributed by atoms with Crippen molar-refractivity contribution in [1.82, 2.24) is 4.90 Å². The normalized spacial score (nSPS) is 14.4. The Morgan fingerprint density at radius 1 is 1.25 bits per heavy atom. The van der Waals surface area contributed by atoms with Gasteiger partial charge in [0, 0.05) is 13.1 Å². The highest BCUT2D eigenvalue weighted by molar-refractivity contribution is 6.42. The van der Waals surface area contributed by atoms with Crippen LogP contribution in [0.4, 0.5) is 11.4 Å². The molecule has 0 saturated heterocycles. The van der Waals surface area contributed by atoms with Gasteiger partial charge in [0.25, 0.3) is 0 Å². The lowest BCUT2D eigenvalue weighted by Gasteiger charge is -2.32. The number of rotatable bonds is 5. The van der Waals surface area contributed by atoms with Crippen LogP contribution in [0.25, 0.3) is 0 Å². The van der Waals surface area contributed by atoms with Crippen LogP contribution in [0.1, 0.15) is 13.8 Å². The summed E-state index contributed by atoms with van der Waals surface area (Å²) in [5.41, 5.74) is 1.67. The topological polar surface area (TPSA) is 35.6 Å². The summed E-state index contributed by atoms with van der Waals surface area (Å²) in [6.45, 7) is 7.99. The van der Waals surface area contributed by atoms with Crippen LogP contribution in [0.2, 0.25) is 10.0 Å². The standard InChI is InChI=1S/C14H19Cl2N3O/c1-3-18(4-2)5-6-19-13-8-11(16)10(15)7-12(13)17-9-14(19)20/h7-8,17H,3-6,9H2,1-2H3. The molecule has 2 rings (SSSR count). The second kappa shape index (κ2) is 6.66. The van der Waals surface area contributed by atoms with Crippen LogP contribution in [-0.4, -0.2) is 43.5 Å². The number of hydrogen-bond donors (Lipinski definition) is 1. The molecule has 20 heavy (non-hydrogen) atoms. The van der Waals surface area contributed by atoms with Crippen molar-refractivity contribution < 1.29 is 4.79 Å². The molecule has 1 aliphatic heterocycles. The molecule has 1 N–H and O–H groups in total. The van der Waals surface area contributed by atoms with E-state index < -0.39 is 0 Å². The zero-order chi connectivity index (χ0) is 14.7. The molecule has 0 aliphatic carbocycles. The first-order valence-corrected chi connectivity index (χ1v) is 7.58. The third-order valence-corrected chi connectivity index (χ3v) is 4.32. The minimum Gasteiger partial charge on any atom is -0.374 e. The first-order valence-electron chi connectivity index (χ1n) is 6.82. The second-order valence-corrected chi connectivity index (χ2v) is 5.52. The molecule has 1 aliphatic rings. The van der Waals surface area contributed by atoms with Gasteiger partial charge < -0.3 is 15.1 Å². The number of halogens is 2. The Balaban J connectivity index is 2.21. The molecule has 1 aromatic rings. The summed E-state index contributed by atoms with van der Waals surface area (Å²) < 4.78 is 0. The predicted octanol–water partition coefficient (Wildman–Crippen LogP) is 3.09. The van der Waals surface area contributed by atoms with Crippen molar-refractivity contribution in [2.45, 2.75) is 13.8 Å². The zero-order valence-corrected chi connectivity index (χ0v) is 13.3. The van der Waals surface area contributed by atoms with Crippen LogP contribution in [0.3, 0.4) is 0 Å². The Morgan fingerprint density at radius 3 is 2.55 bits per heavy atom. The van der Waals surface area contributed by atoms with Crippen molar-refractivity contribution in [3.63, 3.8) is 0 Å². The number of anilines is 2. The van der Waals surface area contributed by atoms with Crippen molar-refractivity contribution in [3.8, 4) is 0 Å². The molecule has 0 spiro atoms. The maximum Gasteiger partial charge on any atom is 0.246 e. The van der Waals surface area contributed by atoms with Crippen molar-refractivity contribution in [1.29, 1.82) is 0 Å². The van der Waals surface area contributed by atoms with Crippen molar-refractivity contribution in [3.05, 3.63) is 22.2 Å². The molecule has 6 heteroatoms. The van der Waals surface area contributed by atoms with Gasteiger partial charge in [-0.05, 0) is 25.2 Å². The molecule has 0 atom stereocenters. The van der Waals surface area contributed by atoms with Crippen molar-refractivity contribution >= 4 is 40.5 Å². The summed E-state index contributed by atoms with van der Waals surface area (Å²) in [5, 5.41) is 4.04. The van der Waals surface area contributed by atoms with Crippen LogP contribution in [-0.2, 0) is 4.79 Å². The fourth-order valence-corrected chi connectivity index (χ4v) is 2.65. The fourth-order valence-electron chi connectivity index (χ4n) is 2.33. The molecule has 0 bridgehead atoms. The van der Waals surface area contributed by atoms with Crippen LogP contribution >= 0.6 is 23.2 Å². The smallest absolute Gasteiger partial charge is 0.246 e. The highest BCUT2D eigenvalue weighted by Crippen LogP contribution is 2.36. The lowest BCUT2D eigenvalue weighted by atomic mass is 10.2. The molecule has 4 nitrogen and oxygen atoms in total. The summed E-state index contributed by atoms with van der Waals surface area (Å²) in [7, 11) is 0. The average molecular weight is 316 g/mol. The summed E-state index contributed by atoms with van der Waals surface area (Å²) in [6, 6.07) is 3.53. The van der Waals surface area contributed by atoms with Gasteiger partial charge in [-0.2, -0.15) is 0 Å². The van der Waals surface area contributed by atoms with Gasteiger partial charge in [-0.3, -0.25) is 4.79 Å². The Morgan fingerprint density at radius 2 is 1.90 bits per heavy atom. The van der Waals surface area contributed by atoms with Gasteiger partial charge in [0.15, 0.2) is 0 Å². The van der Waals surface area contributed by atoms with Crippen molar-refractivity contribution in [2.75, 3.05) is 42.9 Å². The number of carbonyl (C=O) groups is 1. The highest BCUT2D eigenvalue weighted by atomic mass is 35.5. The minimum atomic E-state index is 0.0584. The summed E-state index contributed by atoms with van der Waals surface area (Å²) in [4.78, 5) is 16.2. The molecule has 1 heterocycles. The van der Waals surface area contributed by atoms with Crippen LogP contribution in [0.5, 0.6) is 0 Å². The Hall–Kier alpha value is -0.970. The number of carbonyl (C=O) groups excluding carboxylic acids is 1. The second-order valence-electron chi connectivity index (χ2n) is 4.71. The molecular formula is C14H19Cl2N3O. The largest absolute Gasteiger partial charge is 0.374 e. The minimum absolute atomic E-state index is 0.0584. The van der Waals surface area contributed by atoms with E-state index in [1.165, 1.54) is 0 Å². The maximum absolute atomic E-state index is 12.1. The quantitative estimate of drug-likeness (QED) is 0.907. The fraction of sp³-hybridized carbons (Fsp3) is 0.500. The van der Waals surface area contributed by atoms with Crippen LogP contribution < -0.4 is 10.2 Å². The lowest BCUT2D eigenvalue weighted by Crippen LogP contribution is -2.44. The molecule has 0 fully saturated rings. The number of benzene rings is 1. The van der Waals surface area contributed by atoms with E-state index in [0.717, 1.165) is 31.0 Å². The van der Waals surface area contributed by atoms with Gasteiger partial charge in [-0.15, -0.1) is 0 Å². The van der Waals surface area contributed by atoms with Gasteiger partial charge in [0.05, 0.1) is 28.0 Å². The maximum atomic E-state index is 12.1.